The maximum atomic E-state index is 14.1. The molecule has 1 heterocycles. The molecule has 13 heteroatoms. The highest BCUT2D eigenvalue weighted by Crippen LogP contribution is 2.46. The Morgan fingerprint density at radius 2 is 1.68 bits per heavy atom. The van der Waals surface area contributed by atoms with Gasteiger partial charge < -0.3 is 20.6 Å². The first-order valence-electron chi connectivity index (χ1n) is 16.7. The molecular weight excluding hydrogens is 700 g/mol. The molecule has 3 aromatic carbocycles. The molecular formula is C37H42Cl2F5N3O3. The normalized spacial score (nSPS) is 16.4. The van der Waals surface area contributed by atoms with Gasteiger partial charge in [0.15, 0.2) is 0 Å². The van der Waals surface area contributed by atoms with Gasteiger partial charge in [-0.15, -0.1) is 12.4 Å². The SMILES string of the molecule is CCCC(CCC)N1CCc2c(C(=O)N[C@@H](Cc3cc(F)cc(F)c3)[C@H](O)CNC3(c4cccc(C(F)(F)F)c4)CC3)cc(Cl)cc2C1=O.Cl. The lowest BCUT2D eigenvalue weighted by molar-refractivity contribution is -0.137. The highest BCUT2D eigenvalue weighted by molar-refractivity contribution is 6.31. The number of hydrogen-bond donors (Lipinski definition) is 3. The lowest BCUT2D eigenvalue weighted by Crippen LogP contribution is -2.50. The van der Waals surface area contributed by atoms with Crippen molar-refractivity contribution < 1.29 is 36.6 Å². The monoisotopic (exact) mass is 741 g/mol. The van der Waals surface area contributed by atoms with Gasteiger partial charge in [-0.25, -0.2) is 8.78 Å². The van der Waals surface area contributed by atoms with Crippen LogP contribution in [0, 0.1) is 11.6 Å². The summed E-state index contributed by atoms with van der Waals surface area (Å²) in [6.07, 6.45) is -0.990. The van der Waals surface area contributed by atoms with Gasteiger partial charge in [-0.2, -0.15) is 13.2 Å². The molecule has 2 aliphatic rings. The first-order chi connectivity index (χ1) is 23.2. The standard InChI is InChI=1S/C37H41ClF5N3O3.ClH/c1-3-6-28(7-4-2)46-13-10-29-30(18-25(38)19-31(29)35(46)49)34(48)45-32(16-22-14-26(39)20-27(40)15-22)33(47)21-44-36(11-12-36)23-8-5-9-24(17-23)37(41,42)43;/h5,8-9,14-15,17-20,28,32-33,44,47H,3-4,6-7,10-13,16,21H2,1-2H3,(H,45,48);1H/t32-,33+;/m0./s1. The van der Waals surface area contributed by atoms with Crippen molar-refractivity contribution in [1.82, 2.24) is 15.5 Å². The van der Waals surface area contributed by atoms with Crippen LogP contribution in [0.4, 0.5) is 22.0 Å². The molecule has 0 spiro atoms. The van der Waals surface area contributed by atoms with E-state index in [9.17, 15) is 36.6 Å². The van der Waals surface area contributed by atoms with Crippen LogP contribution in [0.15, 0.2) is 54.6 Å². The maximum Gasteiger partial charge on any atom is 0.416 e. The van der Waals surface area contributed by atoms with Crippen LogP contribution in [0.2, 0.25) is 5.02 Å². The van der Waals surface area contributed by atoms with Crippen LogP contribution < -0.4 is 10.6 Å². The van der Waals surface area contributed by atoms with Crippen molar-refractivity contribution in [2.24, 2.45) is 0 Å². The number of nitrogens with zero attached hydrogens (tertiary/aromatic N) is 1. The largest absolute Gasteiger partial charge is 0.416 e. The van der Waals surface area contributed by atoms with Crippen LogP contribution in [0.1, 0.15) is 95.3 Å². The zero-order valence-corrected chi connectivity index (χ0v) is 29.5. The van der Waals surface area contributed by atoms with Crippen LogP contribution in [-0.4, -0.2) is 53.1 Å². The van der Waals surface area contributed by atoms with Crippen molar-refractivity contribution in [3.05, 3.63) is 105 Å². The number of benzene rings is 3. The van der Waals surface area contributed by atoms with E-state index in [0.717, 1.165) is 49.9 Å². The Kier molecular flexibility index (Phi) is 13.0. The number of nitrogens with one attached hydrogen (secondary N) is 2. The van der Waals surface area contributed by atoms with Gasteiger partial charge in [0.1, 0.15) is 11.6 Å². The Morgan fingerprint density at radius 1 is 1.02 bits per heavy atom. The van der Waals surface area contributed by atoms with E-state index >= 15 is 0 Å². The summed E-state index contributed by atoms with van der Waals surface area (Å²) in [5, 5.41) is 17.6. The fourth-order valence-electron chi connectivity index (χ4n) is 6.90. The van der Waals surface area contributed by atoms with Crippen molar-refractivity contribution in [2.45, 2.75) is 95.1 Å². The van der Waals surface area contributed by atoms with Crippen molar-refractivity contribution in [3.8, 4) is 0 Å². The summed E-state index contributed by atoms with van der Waals surface area (Å²) in [7, 11) is 0. The summed E-state index contributed by atoms with van der Waals surface area (Å²) in [5.41, 5.74) is 0.0478. The van der Waals surface area contributed by atoms with Gasteiger partial charge >= 0.3 is 6.18 Å². The van der Waals surface area contributed by atoms with Crippen LogP contribution >= 0.6 is 24.0 Å². The van der Waals surface area contributed by atoms with Gasteiger partial charge in [-0.05, 0) is 91.6 Å². The molecule has 272 valence electrons. The van der Waals surface area contributed by atoms with E-state index in [-0.39, 0.29) is 53.5 Å². The number of amides is 2. The number of aliphatic hydroxyl groups is 1. The average molecular weight is 743 g/mol. The molecule has 0 radical (unpaired) electrons. The summed E-state index contributed by atoms with van der Waals surface area (Å²) in [5.74, 6) is -2.49. The molecule has 1 saturated carbocycles. The second-order valence-electron chi connectivity index (χ2n) is 13.1. The first-order valence-corrected chi connectivity index (χ1v) is 17.1. The highest BCUT2D eigenvalue weighted by atomic mass is 35.5. The number of fused-ring (bicyclic) bond motifs is 1. The fraction of sp³-hybridized carbons (Fsp3) is 0.459. The minimum absolute atomic E-state index is 0. The molecule has 6 nitrogen and oxygen atoms in total. The third-order valence-corrected chi connectivity index (χ3v) is 9.76. The summed E-state index contributed by atoms with van der Waals surface area (Å²) in [6.45, 7) is 4.42. The van der Waals surface area contributed by atoms with E-state index < -0.39 is 47.0 Å². The van der Waals surface area contributed by atoms with Gasteiger partial charge in [0.05, 0.1) is 17.7 Å². The predicted octanol–water partition coefficient (Wildman–Crippen LogP) is 8.01. The molecule has 3 aromatic rings. The number of aliphatic hydroxyl groups excluding tert-OH is 1. The molecule has 5 rings (SSSR count). The predicted molar refractivity (Wildman–Crippen MR) is 185 cm³/mol. The van der Waals surface area contributed by atoms with Crippen LogP contribution in [0.5, 0.6) is 0 Å². The summed E-state index contributed by atoms with van der Waals surface area (Å²) in [4.78, 5) is 29.5. The fourth-order valence-corrected chi connectivity index (χ4v) is 7.12. The Balaban J connectivity index is 0.00000562. The van der Waals surface area contributed by atoms with Gasteiger partial charge in [-0.1, -0.05) is 50.4 Å². The molecule has 3 N–H and O–H groups in total. The molecule has 1 fully saturated rings. The molecule has 1 aliphatic heterocycles. The Morgan fingerprint density at radius 3 is 2.28 bits per heavy atom. The zero-order valence-electron chi connectivity index (χ0n) is 27.9. The third kappa shape index (κ3) is 9.15. The quantitative estimate of drug-likeness (QED) is 0.146. The molecule has 2 atom stereocenters. The second kappa shape index (κ2) is 16.4. The molecule has 1 aliphatic carbocycles. The topological polar surface area (TPSA) is 81.7 Å². The van der Waals surface area contributed by atoms with E-state index in [1.165, 1.54) is 12.1 Å². The second-order valence-corrected chi connectivity index (χ2v) is 13.6. The van der Waals surface area contributed by atoms with E-state index in [1.54, 1.807) is 12.1 Å². The molecule has 0 saturated heterocycles. The van der Waals surface area contributed by atoms with Crippen LogP contribution in [0.3, 0.4) is 0 Å². The highest BCUT2D eigenvalue weighted by Gasteiger charge is 2.45. The molecule has 0 unspecified atom stereocenters. The van der Waals surface area contributed by atoms with Crippen LogP contribution in [0.25, 0.3) is 0 Å². The van der Waals surface area contributed by atoms with Gasteiger partial charge in [0.2, 0.25) is 0 Å². The maximum absolute atomic E-state index is 14.1. The van der Waals surface area contributed by atoms with Crippen molar-refractivity contribution in [1.29, 1.82) is 0 Å². The minimum Gasteiger partial charge on any atom is -0.390 e. The summed E-state index contributed by atoms with van der Waals surface area (Å²) < 4.78 is 68.5. The number of hydrogen-bond acceptors (Lipinski definition) is 4. The van der Waals surface area contributed by atoms with E-state index in [1.807, 2.05) is 4.90 Å². The number of carbonyl (C=O) groups excluding carboxylic acids is 2. The number of carbonyl (C=O) groups is 2. The molecule has 0 bridgehead atoms. The Labute approximate surface area is 300 Å². The first kappa shape index (κ1) is 39.5. The third-order valence-electron chi connectivity index (χ3n) is 9.54. The van der Waals surface area contributed by atoms with Crippen molar-refractivity contribution in [2.75, 3.05) is 13.1 Å². The van der Waals surface area contributed by atoms with Gasteiger partial charge in [0, 0.05) is 46.9 Å². The zero-order chi connectivity index (χ0) is 35.5. The molecule has 2 amide bonds. The average Bonchev–Trinajstić information content (AvgIpc) is 3.84. The number of alkyl halides is 3. The summed E-state index contributed by atoms with van der Waals surface area (Å²) in [6, 6.07) is 9.93. The van der Waals surface area contributed by atoms with Crippen LogP contribution in [-0.2, 0) is 24.6 Å². The van der Waals surface area contributed by atoms with Crippen molar-refractivity contribution in [3.63, 3.8) is 0 Å². The summed E-state index contributed by atoms with van der Waals surface area (Å²) >= 11 is 6.44. The lowest BCUT2D eigenvalue weighted by Gasteiger charge is -2.36. The van der Waals surface area contributed by atoms with E-state index in [4.69, 9.17) is 11.6 Å². The smallest absolute Gasteiger partial charge is 0.390 e. The van der Waals surface area contributed by atoms with Gasteiger partial charge in [-0.3, -0.25) is 9.59 Å². The van der Waals surface area contributed by atoms with E-state index in [2.05, 4.69) is 24.5 Å². The number of rotatable bonds is 14. The lowest BCUT2D eigenvalue weighted by atomic mass is 9.91. The molecule has 0 aromatic heterocycles. The Bertz CT molecular complexity index is 1660. The molecule has 50 heavy (non-hydrogen) atoms. The number of halogens is 7. The van der Waals surface area contributed by atoms with E-state index in [0.29, 0.717) is 48.6 Å². The Hall–Kier alpha value is -3.25. The minimum atomic E-state index is -4.52. The van der Waals surface area contributed by atoms with Gasteiger partial charge in [0.25, 0.3) is 11.8 Å². The van der Waals surface area contributed by atoms with Crippen molar-refractivity contribution >= 4 is 35.8 Å².